The minimum atomic E-state index is -3.06. The highest BCUT2D eigenvalue weighted by Gasteiger charge is 2.10. The van der Waals surface area contributed by atoms with E-state index in [1.807, 2.05) is 19.1 Å². The molecule has 0 spiro atoms. The molecular formula is C12H19N2O3P. The molecule has 100 valence electrons. The number of carbonyl (C=O) groups excluding carboxylic acids is 1. The van der Waals surface area contributed by atoms with Gasteiger partial charge in [0.15, 0.2) is 7.37 Å². The van der Waals surface area contributed by atoms with Gasteiger partial charge in [0.2, 0.25) is 0 Å². The van der Waals surface area contributed by atoms with E-state index >= 15 is 0 Å². The van der Waals surface area contributed by atoms with Gasteiger partial charge in [-0.25, -0.2) is 0 Å². The summed E-state index contributed by atoms with van der Waals surface area (Å²) in [5.41, 5.74) is 1.50. The standard InChI is InChI=1S/C12H19N2O3P/c1-3-13-11-6-4-10(5-7-11)12(15)14-8-9-18(2,16)17/h4-7,13H,3,8-9H2,1-2H3,(H,14,15)(H,16,17). The Hall–Kier alpha value is -1.32. The van der Waals surface area contributed by atoms with Crippen LogP contribution in [0.1, 0.15) is 17.3 Å². The Labute approximate surface area is 107 Å². The fraction of sp³-hybridized carbons (Fsp3) is 0.417. The minimum Gasteiger partial charge on any atom is -0.385 e. The van der Waals surface area contributed by atoms with Crippen molar-refractivity contribution < 1.29 is 14.3 Å². The molecule has 0 radical (unpaired) electrons. The van der Waals surface area contributed by atoms with Gasteiger partial charge in [-0.05, 0) is 31.2 Å². The Morgan fingerprint density at radius 3 is 2.44 bits per heavy atom. The molecule has 0 aliphatic carbocycles. The van der Waals surface area contributed by atoms with Crippen molar-refractivity contribution in [3.8, 4) is 0 Å². The molecule has 1 unspecified atom stereocenters. The third-order valence-corrected chi connectivity index (χ3v) is 3.39. The molecule has 5 nitrogen and oxygen atoms in total. The molecule has 0 aromatic heterocycles. The number of amides is 1. The summed E-state index contributed by atoms with van der Waals surface area (Å²) in [7, 11) is -3.06. The van der Waals surface area contributed by atoms with Gasteiger partial charge in [-0.3, -0.25) is 9.36 Å². The molecule has 0 saturated heterocycles. The Bertz CT molecular complexity index is 439. The van der Waals surface area contributed by atoms with Crippen LogP contribution >= 0.6 is 7.37 Å². The number of anilines is 1. The van der Waals surface area contributed by atoms with Crippen molar-refractivity contribution in [2.24, 2.45) is 0 Å². The molecule has 0 aliphatic rings. The van der Waals surface area contributed by atoms with Crippen molar-refractivity contribution in [1.29, 1.82) is 0 Å². The summed E-state index contributed by atoms with van der Waals surface area (Å²) < 4.78 is 11.0. The van der Waals surface area contributed by atoms with E-state index in [-0.39, 0.29) is 18.6 Å². The topological polar surface area (TPSA) is 78.4 Å². The first-order valence-electron chi connectivity index (χ1n) is 5.84. The zero-order valence-corrected chi connectivity index (χ0v) is 11.5. The Kier molecular flexibility index (Phi) is 5.38. The van der Waals surface area contributed by atoms with Gasteiger partial charge in [0.05, 0.1) is 0 Å². The molecule has 1 amide bonds. The molecule has 0 fully saturated rings. The Morgan fingerprint density at radius 2 is 1.94 bits per heavy atom. The van der Waals surface area contributed by atoms with Gasteiger partial charge in [0, 0.05) is 37.2 Å². The van der Waals surface area contributed by atoms with Crippen LogP contribution in [-0.4, -0.2) is 36.7 Å². The maximum atomic E-state index is 11.7. The summed E-state index contributed by atoms with van der Waals surface area (Å²) in [6.07, 6.45) is 0.0915. The van der Waals surface area contributed by atoms with E-state index < -0.39 is 7.37 Å². The fourth-order valence-electron chi connectivity index (χ4n) is 1.42. The molecule has 1 aromatic carbocycles. The number of nitrogens with one attached hydrogen (secondary N) is 2. The summed E-state index contributed by atoms with van der Waals surface area (Å²) in [5.74, 6) is -0.230. The molecule has 1 rings (SSSR count). The average Bonchev–Trinajstić information content (AvgIpc) is 2.28. The second kappa shape index (κ2) is 6.57. The molecule has 0 aliphatic heterocycles. The lowest BCUT2D eigenvalue weighted by molar-refractivity contribution is 0.0956. The normalized spacial score (nSPS) is 13.7. The molecule has 1 atom stereocenters. The summed E-state index contributed by atoms with van der Waals surface area (Å²) >= 11 is 0. The van der Waals surface area contributed by atoms with Gasteiger partial charge in [-0.15, -0.1) is 0 Å². The first-order valence-corrected chi connectivity index (χ1v) is 8.13. The molecule has 18 heavy (non-hydrogen) atoms. The largest absolute Gasteiger partial charge is 0.385 e. The van der Waals surface area contributed by atoms with Crippen LogP contribution in [-0.2, 0) is 4.57 Å². The van der Waals surface area contributed by atoms with Gasteiger partial charge in [0.25, 0.3) is 5.91 Å². The molecule has 3 N–H and O–H groups in total. The SMILES string of the molecule is CCNc1ccc(C(=O)NCCP(C)(=O)O)cc1. The zero-order chi connectivity index (χ0) is 13.6. The molecule has 6 heteroatoms. The van der Waals surface area contributed by atoms with Crippen molar-refractivity contribution in [3.63, 3.8) is 0 Å². The summed E-state index contributed by atoms with van der Waals surface area (Å²) in [6, 6.07) is 7.10. The highest BCUT2D eigenvalue weighted by Crippen LogP contribution is 2.33. The third-order valence-electron chi connectivity index (χ3n) is 2.34. The van der Waals surface area contributed by atoms with E-state index in [1.54, 1.807) is 12.1 Å². The number of hydrogen-bond acceptors (Lipinski definition) is 3. The minimum absolute atomic E-state index is 0.0915. The van der Waals surface area contributed by atoms with Crippen molar-refractivity contribution in [1.82, 2.24) is 5.32 Å². The maximum absolute atomic E-state index is 11.7. The van der Waals surface area contributed by atoms with Crippen LogP contribution < -0.4 is 10.6 Å². The van der Waals surface area contributed by atoms with Crippen LogP contribution in [0.15, 0.2) is 24.3 Å². The lowest BCUT2D eigenvalue weighted by Gasteiger charge is -2.08. The molecular weight excluding hydrogens is 251 g/mol. The van der Waals surface area contributed by atoms with Gasteiger partial charge >= 0.3 is 0 Å². The molecule has 0 bridgehead atoms. The lowest BCUT2D eigenvalue weighted by Crippen LogP contribution is -2.26. The number of benzene rings is 1. The van der Waals surface area contributed by atoms with E-state index in [4.69, 9.17) is 4.89 Å². The van der Waals surface area contributed by atoms with Gasteiger partial charge < -0.3 is 15.5 Å². The predicted molar refractivity (Wildman–Crippen MR) is 73.6 cm³/mol. The van der Waals surface area contributed by atoms with Crippen LogP contribution in [0.25, 0.3) is 0 Å². The van der Waals surface area contributed by atoms with Crippen LogP contribution in [0.4, 0.5) is 5.69 Å². The lowest BCUT2D eigenvalue weighted by atomic mass is 10.2. The van der Waals surface area contributed by atoms with Gasteiger partial charge in [-0.1, -0.05) is 0 Å². The smallest absolute Gasteiger partial charge is 0.251 e. The first-order chi connectivity index (χ1) is 8.42. The van der Waals surface area contributed by atoms with Crippen molar-refractivity contribution in [2.75, 3.05) is 31.2 Å². The average molecular weight is 270 g/mol. The highest BCUT2D eigenvalue weighted by molar-refractivity contribution is 7.57. The van der Waals surface area contributed by atoms with Crippen LogP contribution in [0, 0.1) is 0 Å². The molecule has 0 saturated carbocycles. The summed E-state index contributed by atoms with van der Waals surface area (Å²) in [4.78, 5) is 20.8. The van der Waals surface area contributed by atoms with Crippen LogP contribution in [0.2, 0.25) is 0 Å². The monoisotopic (exact) mass is 270 g/mol. The van der Waals surface area contributed by atoms with Crippen LogP contribution in [0.3, 0.4) is 0 Å². The Balaban J connectivity index is 2.49. The van der Waals surface area contributed by atoms with Gasteiger partial charge in [-0.2, -0.15) is 0 Å². The van der Waals surface area contributed by atoms with E-state index in [2.05, 4.69) is 10.6 Å². The predicted octanol–water partition coefficient (Wildman–Crippen LogP) is 1.75. The molecule has 0 heterocycles. The zero-order valence-electron chi connectivity index (χ0n) is 10.6. The van der Waals surface area contributed by atoms with E-state index in [0.29, 0.717) is 5.56 Å². The van der Waals surface area contributed by atoms with E-state index in [0.717, 1.165) is 12.2 Å². The summed E-state index contributed by atoms with van der Waals surface area (Å²) in [5, 5.41) is 5.75. The second-order valence-electron chi connectivity index (χ2n) is 4.14. The second-order valence-corrected chi connectivity index (χ2v) is 6.69. The number of carbonyl (C=O) groups is 1. The molecule has 1 aromatic rings. The van der Waals surface area contributed by atoms with E-state index in [9.17, 15) is 9.36 Å². The van der Waals surface area contributed by atoms with E-state index in [1.165, 1.54) is 6.66 Å². The first kappa shape index (κ1) is 14.7. The van der Waals surface area contributed by atoms with Crippen molar-refractivity contribution in [3.05, 3.63) is 29.8 Å². The quantitative estimate of drug-likeness (QED) is 0.688. The number of hydrogen-bond donors (Lipinski definition) is 3. The van der Waals surface area contributed by atoms with Gasteiger partial charge in [0.1, 0.15) is 0 Å². The fourth-order valence-corrected chi connectivity index (χ4v) is 1.95. The van der Waals surface area contributed by atoms with Crippen LogP contribution in [0.5, 0.6) is 0 Å². The third kappa shape index (κ3) is 5.34. The summed E-state index contributed by atoms with van der Waals surface area (Å²) in [6.45, 7) is 4.31. The van der Waals surface area contributed by atoms with Crippen molar-refractivity contribution in [2.45, 2.75) is 6.92 Å². The highest BCUT2D eigenvalue weighted by atomic mass is 31.2. The number of rotatable bonds is 6. The Morgan fingerprint density at radius 1 is 1.33 bits per heavy atom. The van der Waals surface area contributed by atoms with Crippen molar-refractivity contribution >= 4 is 19.0 Å². The maximum Gasteiger partial charge on any atom is 0.251 e.